The highest BCUT2D eigenvalue weighted by Crippen LogP contribution is 2.25. The molecule has 1 fully saturated rings. The molecule has 1 aliphatic rings. The molecule has 1 saturated heterocycles. The minimum absolute atomic E-state index is 0.0273. The zero-order chi connectivity index (χ0) is 15.6. The molecule has 2 N–H and O–H groups in total. The van der Waals surface area contributed by atoms with Gasteiger partial charge in [0.15, 0.2) is 0 Å². The van der Waals surface area contributed by atoms with Crippen molar-refractivity contribution in [3.05, 3.63) is 23.8 Å². The predicted molar refractivity (Wildman–Crippen MR) is 84.6 cm³/mol. The number of nitrogens with zero attached hydrogens (tertiary/aromatic N) is 2. The highest BCUT2D eigenvalue weighted by molar-refractivity contribution is 5.95. The maximum Gasteiger partial charge on any atom is 0.254 e. The van der Waals surface area contributed by atoms with E-state index in [2.05, 4.69) is 25.9 Å². The predicted octanol–water partition coefficient (Wildman–Crippen LogP) is 1.69. The van der Waals surface area contributed by atoms with Crippen molar-refractivity contribution >= 4 is 11.6 Å². The summed E-state index contributed by atoms with van der Waals surface area (Å²) in [4.78, 5) is 16.8. The van der Waals surface area contributed by atoms with Crippen molar-refractivity contribution in [3.8, 4) is 5.75 Å². The molecule has 116 valence electrons. The second-order valence-electron chi connectivity index (χ2n) is 5.94. The number of benzene rings is 1. The van der Waals surface area contributed by atoms with E-state index in [1.165, 1.54) is 0 Å². The molecular weight excluding hydrogens is 266 g/mol. The first kappa shape index (κ1) is 15.6. The fourth-order valence-corrected chi connectivity index (χ4v) is 2.97. The fourth-order valence-electron chi connectivity index (χ4n) is 2.97. The Hall–Kier alpha value is -1.75. The number of carbonyl (C=O) groups is 1. The summed E-state index contributed by atoms with van der Waals surface area (Å²) in [5, 5.41) is 0. The van der Waals surface area contributed by atoms with E-state index in [4.69, 9.17) is 10.5 Å². The molecule has 2 unspecified atom stereocenters. The van der Waals surface area contributed by atoms with Crippen LogP contribution in [0.15, 0.2) is 18.2 Å². The first-order chi connectivity index (χ1) is 9.92. The van der Waals surface area contributed by atoms with Gasteiger partial charge >= 0.3 is 0 Å². The molecule has 2 rings (SSSR count). The number of carbonyl (C=O) groups excluding carboxylic acids is 1. The van der Waals surface area contributed by atoms with E-state index in [9.17, 15) is 4.79 Å². The Morgan fingerprint density at radius 1 is 1.38 bits per heavy atom. The largest absolute Gasteiger partial charge is 0.494 e. The molecule has 1 aliphatic heterocycles. The molecule has 1 heterocycles. The van der Waals surface area contributed by atoms with Crippen molar-refractivity contribution in [2.45, 2.75) is 19.9 Å². The van der Waals surface area contributed by atoms with Crippen molar-refractivity contribution in [1.82, 2.24) is 9.80 Å². The summed E-state index contributed by atoms with van der Waals surface area (Å²) in [5.41, 5.74) is 7.03. The molecule has 0 bridgehead atoms. The van der Waals surface area contributed by atoms with E-state index < -0.39 is 0 Å². The average Bonchev–Trinajstić information content (AvgIpc) is 2.80. The van der Waals surface area contributed by atoms with E-state index in [0.29, 0.717) is 35.6 Å². The Balaban J connectivity index is 2.17. The van der Waals surface area contributed by atoms with Crippen LogP contribution >= 0.6 is 0 Å². The van der Waals surface area contributed by atoms with Gasteiger partial charge in [-0.1, -0.05) is 6.92 Å². The Kier molecular flexibility index (Phi) is 4.73. The van der Waals surface area contributed by atoms with Crippen LogP contribution in [0.2, 0.25) is 0 Å². The number of anilines is 1. The van der Waals surface area contributed by atoms with Crippen molar-refractivity contribution < 1.29 is 9.53 Å². The summed E-state index contributed by atoms with van der Waals surface area (Å²) in [6, 6.07) is 5.64. The van der Waals surface area contributed by atoms with Gasteiger partial charge in [0, 0.05) is 36.4 Å². The van der Waals surface area contributed by atoms with Crippen molar-refractivity contribution in [3.63, 3.8) is 0 Å². The van der Waals surface area contributed by atoms with E-state index in [1.54, 1.807) is 18.2 Å². The second-order valence-corrected chi connectivity index (χ2v) is 5.94. The molecule has 5 nitrogen and oxygen atoms in total. The van der Waals surface area contributed by atoms with Crippen LogP contribution in [0.3, 0.4) is 0 Å². The number of ether oxygens (including phenoxy) is 1. The normalized spacial score (nSPS) is 21.9. The summed E-state index contributed by atoms with van der Waals surface area (Å²) < 4.78 is 5.46. The van der Waals surface area contributed by atoms with Crippen molar-refractivity contribution in [2.24, 2.45) is 5.92 Å². The maximum atomic E-state index is 12.7. The van der Waals surface area contributed by atoms with Crippen LogP contribution < -0.4 is 10.5 Å². The van der Waals surface area contributed by atoms with E-state index in [1.807, 2.05) is 11.8 Å². The summed E-state index contributed by atoms with van der Waals surface area (Å²) in [7, 11) is 4.12. The van der Waals surface area contributed by atoms with E-state index in [-0.39, 0.29) is 5.91 Å². The topological polar surface area (TPSA) is 58.8 Å². The SMILES string of the molecule is CCOc1cc(N)cc(C(=O)N2CC(C)C(N(C)C)C2)c1. The van der Waals surface area contributed by atoms with Gasteiger partial charge in [-0.15, -0.1) is 0 Å². The second kappa shape index (κ2) is 6.35. The molecule has 1 aromatic rings. The number of nitrogens with two attached hydrogens (primary N) is 1. The number of likely N-dealkylation sites (tertiary alicyclic amines) is 1. The van der Waals surface area contributed by atoms with Crippen LogP contribution in [0.5, 0.6) is 5.75 Å². The fraction of sp³-hybridized carbons (Fsp3) is 0.562. The lowest BCUT2D eigenvalue weighted by atomic mass is 10.1. The molecule has 2 atom stereocenters. The Morgan fingerprint density at radius 3 is 2.67 bits per heavy atom. The smallest absolute Gasteiger partial charge is 0.254 e. The molecule has 21 heavy (non-hydrogen) atoms. The van der Waals surface area contributed by atoms with Crippen molar-refractivity contribution in [2.75, 3.05) is 39.5 Å². The molecule has 0 aliphatic carbocycles. The van der Waals surface area contributed by atoms with Gasteiger partial charge in [-0.2, -0.15) is 0 Å². The zero-order valence-electron chi connectivity index (χ0n) is 13.3. The van der Waals surface area contributed by atoms with Crippen LogP contribution in [0.1, 0.15) is 24.2 Å². The first-order valence-corrected chi connectivity index (χ1v) is 7.41. The molecular formula is C16H25N3O2. The molecule has 0 saturated carbocycles. The number of likely N-dealkylation sites (N-methyl/N-ethyl adjacent to an activating group) is 1. The van der Waals surface area contributed by atoms with Crippen LogP contribution in [-0.4, -0.2) is 55.5 Å². The highest BCUT2D eigenvalue weighted by Gasteiger charge is 2.34. The lowest BCUT2D eigenvalue weighted by Crippen LogP contribution is -2.35. The van der Waals surface area contributed by atoms with Gasteiger partial charge in [-0.25, -0.2) is 0 Å². The minimum Gasteiger partial charge on any atom is -0.494 e. The summed E-state index contributed by atoms with van der Waals surface area (Å²) >= 11 is 0. The number of rotatable bonds is 4. The molecule has 1 amide bonds. The number of hydrogen-bond acceptors (Lipinski definition) is 4. The Labute approximate surface area is 126 Å². The summed E-state index contributed by atoms with van der Waals surface area (Å²) in [5.74, 6) is 1.15. The summed E-state index contributed by atoms with van der Waals surface area (Å²) in [6.45, 7) is 6.18. The van der Waals surface area contributed by atoms with Crippen LogP contribution in [-0.2, 0) is 0 Å². The Bertz CT molecular complexity index is 516. The lowest BCUT2D eigenvalue weighted by molar-refractivity contribution is 0.0781. The zero-order valence-corrected chi connectivity index (χ0v) is 13.3. The van der Waals surface area contributed by atoms with Gasteiger partial charge < -0.3 is 20.3 Å². The van der Waals surface area contributed by atoms with Crippen LogP contribution in [0.4, 0.5) is 5.69 Å². The molecule has 1 aromatic carbocycles. The first-order valence-electron chi connectivity index (χ1n) is 7.41. The van der Waals surface area contributed by atoms with Gasteiger partial charge in [0.05, 0.1) is 6.61 Å². The van der Waals surface area contributed by atoms with Gasteiger partial charge in [-0.05, 0) is 39.1 Å². The van der Waals surface area contributed by atoms with Gasteiger partial charge in [0.2, 0.25) is 0 Å². The average molecular weight is 291 g/mol. The van der Waals surface area contributed by atoms with Crippen LogP contribution in [0, 0.1) is 5.92 Å². The third-order valence-corrected chi connectivity index (χ3v) is 4.01. The third kappa shape index (κ3) is 3.47. The number of nitrogen functional groups attached to an aromatic ring is 1. The molecule has 0 radical (unpaired) electrons. The van der Waals surface area contributed by atoms with Crippen LogP contribution in [0.25, 0.3) is 0 Å². The number of amides is 1. The third-order valence-electron chi connectivity index (χ3n) is 4.01. The lowest BCUT2D eigenvalue weighted by Gasteiger charge is -2.22. The van der Waals surface area contributed by atoms with Gasteiger partial charge in [0.25, 0.3) is 5.91 Å². The van der Waals surface area contributed by atoms with Gasteiger partial charge in [0.1, 0.15) is 5.75 Å². The quantitative estimate of drug-likeness (QED) is 0.858. The Morgan fingerprint density at radius 2 is 2.10 bits per heavy atom. The van der Waals surface area contributed by atoms with E-state index >= 15 is 0 Å². The van der Waals surface area contributed by atoms with E-state index in [0.717, 1.165) is 13.1 Å². The molecule has 5 heteroatoms. The van der Waals surface area contributed by atoms with Gasteiger partial charge in [-0.3, -0.25) is 4.79 Å². The highest BCUT2D eigenvalue weighted by atomic mass is 16.5. The minimum atomic E-state index is 0.0273. The summed E-state index contributed by atoms with van der Waals surface area (Å²) in [6.07, 6.45) is 0. The molecule has 0 aromatic heterocycles. The standard InChI is InChI=1S/C16H25N3O2/c1-5-21-14-7-12(6-13(17)8-14)16(20)19-9-11(2)15(10-19)18(3)4/h6-8,11,15H,5,9-10,17H2,1-4H3. The maximum absolute atomic E-state index is 12.7. The van der Waals surface area contributed by atoms with Crippen molar-refractivity contribution in [1.29, 1.82) is 0 Å². The molecule has 0 spiro atoms. The monoisotopic (exact) mass is 291 g/mol. The number of hydrogen-bond donors (Lipinski definition) is 1.